The number of rotatable bonds is 2. The number of aryl methyl sites for hydroxylation is 2. The number of fused-ring (bicyclic) bond motifs is 1. The van der Waals surface area contributed by atoms with E-state index in [1.165, 1.54) is 6.07 Å². The molecule has 0 N–H and O–H groups in total. The molecule has 8 heteroatoms. The molecule has 28 heavy (non-hydrogen) atoms. The highest BCUT2D eigenvalue weighted by molar-refractivity contribution is 5.94. The van der Waals surface area contributed by atoms with Crippen LogP contribution in [0.3, 0.4) is 0 Å². The number of hydrogen-bond acceptors (Lipinski definition) is 4. The predicted octanol–water partition coefficient (Wildman–Crippen LogP) is 3.25. The third-order valence-electron chi connectivity index (χ3n) is 5.35. The molecule has 2 aromatic rings. The van der Waals surface area contributed by atoms with Crippen molar-refractivity contribution < 1.29 is 18.0 Å². The summed E-state index contributed by atoms with van der Waals surface area (Å²) in [5.41, 5.74) is 2.29. The molecule has 1 aromatic carbocycles. The molecule has 0 saturated carbocycles. The van der Waals surface area contributed by atoms with Crippen molar-refractivity contribution in [3.05, 3.63) is 52.6 Å². The second-order valence-corrected chi connectivity index (χ2v) is 7.23. The lowest BCUT2D eigenvalue weighted by atomic mass is 10.1. The molecule has 2 aliphatic rings. The van der Waals surface area contributed by atoms with Gasteiger partial charge in [-0.1, -0.05) is 6.07 Å². The minimum atomic E-state index is -4.36. The molecule has 0 spiro atoms. The smallest absolute Gasteiger partial charge is 0.368 e. The SMILES string of the molecule is Cc1nc2c(c(C(=O)N3CCN(c4cccc(C(F)(F)F)c4)CC3)n1)CCC2. The predicted molar refractivity (Wildman–Crippen MR) is 98.4 cm³/mol. The summed E-state index contributed by atoms with van der Waals surface area (Å²) < 4.78 is 38.8. The van der Waals surface area contributed by atoms with Gasteiger partial charge < -0.3 is 9.80 Å². The molecule has 0 atom stereocenters. The van der Waals surface area contributed by atoms with Crippen LogP contribution in [0.15, 0.2) is 24.3 Å². The Hall–Kier alpha value is -2.64. The number of alkyl halides is 3. The van der Waals surface area contributed by atoms with Crippen LogP contribution >= 0.6 is 0 Å². The summed E-state index contributed by atoms with van der Waals surface area (Å²) in [7, 11) is 0. The van der Waals surface area contributed by atoms with Gasteiger partial charge in [0.15, 0.2) is 0 Å². The van der Waals surface area contributed by atoms with Gasteiger partial charge in [-0.3, -0.25) is 4.79 Å². The zero-order valence-corrected chi connectivity index (χ0v) is 15.6. The van der Waals surface area contributed by atoms with E-state index >= 15 is 0 Å². The molecule has 1 aliphatic carbocycles. The number of piperazine rings is 1. The first kappa shape index (κ1) is 18.7. The number of nitrogens with zero attached hydrogens (tertiary/aromatic N) is 4. The van der Waals surface area contributed by atoms with E-state index in [0.717, 1.165) is 42.7 Å². The van der Waals surface area contributed by atoms with Crippen LogP contribution in [-0.2, 0) is 19.0 Å². The van der Waals surface area contributed by atoms with E-state index in [9.17, 15) is 18.0 Å². The van der Waals surface area contributed by atoms with E-state index in [1.807, 2.05) is 4.90 Å². The van der Waals surface area contributed by atoms with E-state index in [4.69, 9.17) is 0 Å². The van der Waals surface area contributed by atoms with Crippen molar-refractivity contribution in [3.8, 4) is 0 Å². The Labute approximate surface area is 161 Å². The van der Waals surface area contributed by atoms with Crippen molar-refractivity contribution in [2.45, 2.75) is 32.4 Å². The summed E-state index contributed by atoms with van der Waals surface area (Å²) in [4.78, 5) is 25.5. The maximum atomic E-state index is 13.0. The average molecular weight is 390 g/mol. The van der Waals surface area contributed by atoms with Crippen molar-refractivity contribution in [1.29, 1.82) is 0 Å². The fourth-order valence-electron chi connectivity index (χ4n) is 3.93. The Bertz CT molecular complexity index is 905. The molecule has 1 amide bonds. The van der Waals surface area contributed by atoms with Gasteiger partial charge >= 0.3 is 6.18 Å². The second kappa shape index (κ2) is 7.07. The van der Waals surface area contributed by atoms with Gasteiger partial charge in [-0.05, 0) is 44.4 Å². The highest BCUT2D eigenvalue weighted by Gasteiger charge is 2.32. The first-order chi connectivity index (χ1) is 13.3. The van der Waals surface area contributed by atoms with Crippen LogP contribution in [0.2, 0.25) is 0 Å². The zero-order valence-electron chi connectivity index (χ0n) is 15.6. The van der Waals surface area contributed by atoms with Gasteiger partial charge in [0.2, 0.25) is 0 Å². The number of carbonyl (C=O) groups is 1. The van der Waals surface area contributed by atoms with Crippen molar-refractivity contribution in [3.63, 3.8) is 0 Å². The molecule has 1 fully saturated rings. The molecule has 2 heterocycles. The third-order valence-corrected chi connectivity index (χ3v) is 5.35. The lowest BCUT2D eigenvalue weighted by molar-refractivity contribution is -0.137. The molecule has 1 saturated heterocycles. The van der Waals surface area contributed by atoms with E-state index in [1.54, 1.807) is 17.9 Å². The van der Waals surface area contributed by atoms with Gasteiger partial charge in [-0.25, -0.2) is 9.97 Å². The molecular weight excluding hydrogens is 369 g/mol. The van der Waals surface area contributed by atoms with Gasteiger partial charge in [-0.2, -0.15) is 13.2 Å². The molecule has 4 rings (SSSR count). The van der Waals surface area contributed by atoms with Crippen molar-refractivity contribution >= 4 is 11.6 Å². The maximum Gasteiger partial charge on any atom is 0.416 e. The zero-order chi connectivity index (χ0) is 19.9. The Morgan fingerprint density at radius 2 is 1.82 bits per heavy atom. The number of benzene rings is 1. The largest absolute Gasteiger partial charge is 0.416 e. The number of aromatic nitrogens is 2. The Kier molecular flexibility index (Phi) is 4.72. The monoisotopic (exact) mass is 390 g/mol. The summed E-state index contributed by atoms with van der Waals surface area (Å²) in [5, 5.41) is 0. The molecule has 0 radical (unpaired) electrons. The highest BCUT2D eigenvalue weighted by atomic mass is 19.4. The van der Waals surface area contributed by atoms with E-state index in [-0.39, 0.29) is 5.91 Å². The number of amides is 1. The Morgan fingerprint density at radius 1 is 1.07 bits per heavy atom. The summed E-state index contributed by atoms with van der Waals surface area (Å²) in [5.74, 6) is 0.499. The van der Waals surface area contributed by atoms with E-state index in [2.05, 4.69) is 9.97 Å². The summed E-state index contributed by atoms with van der Waals surface area (Å²) >= 11 is 0. The van der Waals surface area contributed by atoms with Crippen molar-refractivity contribution in [2.75, 3.05) is 31.1 Å². The normalized spacial score (nSPS) is 17.0. The number of carbonyl (C=O) groups excluding carboxylic acids is 1. The minimum Gasteiger partial charge on any atom is -0.368 e. The molecule has 1 aromatic heterocycles. The van der Waals surface area contributed by atoms with Crippen molar-refractivity contribution in [1.82, 2.24) is 14.9 Å². The van der Waals surface area contributed by atoms with Gasteiger partial charge in [0.1, 0.15) is 11.5 Å². The minimum absolute atomic E-state index is 0.104. The molecule has 0 unspecified atom stereocenters. The van der Waals surface area contributed by atoms with Gasteiger partial charge in [0, 0.05) is 43.1 Å². The van der Waals surface area contributed by atoms with Crippen LogP contribution in [0.4, 0.5) is 18.9 Å². The summed E-state index contributed by atoms with van der Waals surface area (Å²) in [6.07, 6.45) is -1.68. The molecule has 5 nitrogen and oxygen atoms in total. The maximum absolute atomic E-state index is 13.0. The molecular formula is C20H21F3N4O. The summed E-state index contributed by atoms with van der Waals surface area (Å²) in [6, 6.07) is 5.33. The van der Waals surface area contributed by atoms with Crippen LogP contribution in [0, 0.1) is 6.92 Å². The average Bonchev–Trinajstić information content (AvgIpc) is 3.14. The highest BCUT2D eigenvalue weighted by Crippen LogP contribution is 2.32. The van der Waals surface area contributed by atoms with E-state index in [0.29, 0.717) is 43.4 Å². The first-order valence-corrected chi connectivity index (χ1v) is 9.41. The Balaban J connectivity index is 1.47. The van der Waals surface area contributed by atoms with Gasteiger partial charge in [-0.15, -0.1) is 0 Å². The van der Waals surface area contributed by atoms with E-state index < -0.39 is 11.7 Å². The van der Waals surface area contributed by atoms with Crippen LogP contribution in [0.5, 0.6) is 0 Å². The van der Waals surface area contributed by atoms with Crippen LogP contribution in [-0.4, -0.2) is 47.0 Å². The molecule has 0 bridgehead atoms. The van der Waals surface area contributed by atoms with Crippen LogP contribution in [0.25, 0.3) is 0 Å². The number of halogens is 3. The van der Waals surface area contributed by atoms with Crippen molar-refractivity contribution in [2.24, 2.45) is 0 Å². The Morgan fingerprint density at radius 3 is 2.54 bits per heavy atom. The van der Waals surface area contributed by atoms with Gasteiger partial charge in [0.05, 0.1) is 5.56 Å². The quantitative estimate of drug-likeness (QED) is 0.790. The van der Waals surface area contributed by atoms with Crippen LogP contribution in [0.1, 0.15) is 39.6 Å². The fraction of sp³-hybridized carbons (Fsp3) is 0.450. The van der Waals surface area contributed by atoms with Gasteiger partial charge in [0.25, 0.3) is 5.91 Å². The standard InChI is InChI=1S/C20H21F3N4O/c1-13-24-17-7-3-6-16(17)18(25-13)19(28)27-10-8-26(9-11-27)15-5-2-4-14(12-15)20(21,22)23/h2,4-5,12H,3,6-11H2,1H3. The molecule has 1 aliphatic heterocycles. The third kappa shape index (κ3) is 3.55. The first-order valence-electron chi connectivity index (χ1n) is 9.41. The van der Waals surface area contributed by atoms with Crippen LogP contribution < -0.4 is 4.90 Å². The lowest BCUT2D eigenvalue weighted by Gasteiger charge is -2.36. The lowest BCUT2D eigenvalue weighted by Crippen LogP contribution is -2.49. The number of hydrogen-bond donors (Lipinski definition) is 0. The fourth-order valence-corrected chi connectivity index (χ4v) is 3.93. The summed E-state index contributed by atoms with van der Waals surface area (Å²) in [6.45, 7) is 3.67. The molecule has 148 valence electrons. The second-order valence-electron chi connectivity index (χ2n) is 7.23. The number of anilines is 1. The topological polar surface area (TPSA) is 49.3 Å².